The van der Waals surface area contributed by atoms with Crippen molar-refractivity contribution in [2.75, 3.05) is 13.2 Å². The minimum atomic E-state index is -0.471. The molecule has 0 aliphatic heterocycles. The average molecular weight is 300 g/mol. The normalized spacial score (nSPS) is 13.1. The zero-order chi connectivity index (χ0) is 15.3. The molecule has 1 atom stereocenters. The number of hydrogen-bond acceptors (Lipinski definition) is 4. The molecule has 1 rings (SSSR count). The quantitative estimate of drug-likeness (QED) is 0.792. The van der Waals surface area contributed by atoms with Crippen molar-refractivity contribution in [1.29, 1.82) is 0 Å². The van der Waals surface area contributed by atoms with Crippen LogP contribution in [-0.2, 0) is 14.9 Å². The lowest BCUT2D eigenvalue weighted by molar-refractivity contribution is -0.143. The largest absolute Gasteiger partial charge is 0.466 e. The molecule has 1 aromatic rings. The highest BCUT2D eigenvalue weighted by atomic mass is 35.5. The van der Waals surface area contributed by atoms with Crippen LogP contribution in [0.1, 0.15) is 44.4 Å². The second-order valence-electron chi connectivity index (χ2n) is 5.43. The fraction of sp³-hybridized carbons (Fsp3) is 0.533. The minimum Gasteiger partial charge on any atom is -0.466 e. The Bertz CT molecular complexity index is 474. The van der Waals surface area contributed by atoms with Gasteiger partial charge in [-0.15, -0.1) is 0 Å². The molecule has 0 bridgehead atoms. The first-order valence-electron chi connectivity index (χ1n) is 6.63. The van der Waals surface area contributed by atoms with Gasteiger partial charge < -0.3 is 15.6 Å². The SMILES string of the molecule is CCOC(=O)CC(N)c1cc(Cl)cc(C(C)(C)CO)c1. The molecule has 1 unspecified atom stereocenters. The molecule has 0 spiro atoms. The van der Waals surface area contributed by atoms with Crippen molar-refractivity contribution < 1.29 is 14.6 Å². The number of carbonyl (C=O) groups excluding carboxylic acids is 1. The Hall–Kier alpha value is -1.10. The molecule has 1 aromatic carbocycles. The highest BCUT2D eigenvalue weighted by Crippen LogP contribution is 2.29. The van der Waals surface area contributed by atoms with Gasteiger partial charge in [0.2, 0.25) is 0 Å². The van der Waals surface area contributed by atoms with Gasteiger partial charge in [0, 0.05) is 16.5 Å². The van der Waals surface area contributed by atoms with Gasteiger partial charge >= 0.3 is 5.97 Å². The molecule has 0 aliphatic rings. The van der Waals surface area contributed by atoms with E-state index in [-0.39, 0.29) is 19.0 Å². The fourth-order valence-electron chi connectivity index (χ4n) is 1.83. The van der Waals surface area contributed by atoms with Crippen LogP contribution in [0.2, 0.25) is 5.02 Å². The van der Waals surface area contributed by atoms with E-state index in [4.69, 9.17) is 22.1 Å². The number of nitrogens with two attached hydrogens (primary N) is 1. The summed E-state index contributed by atoms with van der Waals surface area (Å²) in [4.78, 5) is 11.5. The van der Waals surface area contributed by atoms with Gasteiger partial charge in [0.25, 0.3) is 0 Å². The topological polar surface area (TPSA) is 72.5 Å². The molecule has 112 valence electrons. The number of carbonyl (C=O) groups is 1. The highest BCUT2D eigenvalue weighted by molar-refractivity contribution is 6.30. The van der Waals surface area contributed by atoms with Crippen molar-refractivity contribution in [3.05, 3.63) is 34.3 Å². The molecule has 0 radical (unpaired) electrons. The molecular weight excluding hydrogens is 278 g/mol. The van der Waals surface area contributed by atoms with Crippen LogP contribution >= 0.6 is 11.6 Å². The predicted octanol–water partition coefficient (Wildman–Crippen LogP) is 2.56. The van der Waals surface area contributed by atoms with Gasteiger partial charge in [-0.2, -0.15) is 0 Å². The number of aliphatic hydroxyl groups excluding tert-OH is 1. The van der Waals surface area contributed by atoms with Gasteiger partial charge in [0.1, 0.15) is 0 Å². The summed E-state index contributed by atoms with van der Waals surface area (Å²) in [6, 6.07) is 4.95. The predicted molar refractivity (Wildman–Crippen MR) is 79.7 cm³/mol. The monoisotopic (exact) mass is 299 g/mol. The lowest BCUT2D eigenvalue weighted by Gasteiger charge is -2.24. The Labute approximate surface area is 124 Å². The molecule has 5 heteroatoms. The number of aliphatic hydroxyl groups is 1. The molecule has 0 saturated heterocycles. The average Bonchev–Trinajstić information content (AvgIpc) is 2.38. The van der Waals surface area contributed by atoms with Gasteiger partial charge in [-0.25, -0.2) is 0 Å². The van der Waals surface area contributed by atoms with E-state index < -0.39 is 11.5 Å². The maximum Gasteiger partial charge on any atom is 0.307 e. The molecule has 3 N–H and O–H groups in total. The lowest BCUT2D eigenvalue weighted by Crippen LogP contribution is -2.23. The van der Waals surface area contributed by atoms with Crippen LogP contribution in [0.5, 0.6) is 0 Å². The molecule has 20 heavy (non-hydrogen) atoms. The maximum atomic E-state index is 11.5. The van der Waals surface area contributed by atoms with E-state index in [1.165, 1.54) is 0 Å². The van der Waals surface area contributed by atoms with Crippen molar-refractivity contribution in [3.63, 3.8) is 0 Å². The number of esters is 1. The van der Waals surface area contributed by atoms with Crippen LogP contribution in [0.4, 0.5) is 0 Å². The summed E-state index contributed by atoms with van der Waals surface area (Å²) in [5.41, 5.74) is 7.27. The Morgan fingerprint density at radius 2 is 2.10 bits per heavy atom. The van der Waals surface area contributed by atoms with Gasteiger partial charge in [-0.3, -0.25) is 4.79 Å². The standard InChI is InChI=1S/C15H22ClNO3/c1-4-20-14(19)8-13(17)10-5-11(7-12(16)6-10)15(2,3)9-18/h5-7,13,18H,4,8-9,17H2,1-3H3. The summed E-state index contributed by atoms with van der Waals surface area (Å²) < 4.78 is 4.89. The van der Waals surface area contributed by atoms with Crippen molar-refractivity contribution in [1.82, 2.24) is 0 Å². The van der Waals surface area contributed by atoms with E-state index in [1.807, 2.05) is 19.9 Å². The summed E-state index contributed by atoms with van der Waals surface area (Å²) in [6.45, 7) is 5.92. The highest BCUT2D eigenvalue weighted by Gasteiger charge is 2.22. The molecule has 0 amide bonds. The third-order valence-corrected chi connectivity index (χ3v) is 3.44. The molecule has 0 heterocycles. The van der Waals surface area contributed by atoms with E-state index in [9.17, 15) is 9.90 Å². The van der Waals surface area contributed by atoms with Gasteiger partial charge in [-0.05, 0) is 30.2 Å². The van der Waals surface area contributed by atoms with Gasteiger partial charge in [0.15, 0.2) is 0 Å². The maximum absolute atomic E-state index is 11.5. The smallest absolute Gasteiger partial charge is 0.307 e. The number of rotatable bonds is 6. The van der Waals surface area contributed by atoms with Crippen LogP contribution in [0, 0.1) is 0 Å². The Morgan fingerprint density at radius 3 is 2.65 bits per heavy atom. The Balaban J connectivity index is 2.98. The molecule has 4 nitrogen and oxygen atoms in total. The van der Waals surface area contributed by atoms with Crippen LogP contribution in [0.25, 0.3) is 0 Å². The first-order valence-corrected chi connectivity index (χ1v) is 7.01. The van der Waals surface area contributed by atoms with E-state index in [2.05, 4.69) is 0 Å². The minimum absolute atomic E-state index is 0.000102. The van der Waals surface area contributed by atoms with E-state index >= 15 is 0 Å². The summed E-state index contributed by atoms with van der Waals surface area (Å²) in [7, 11) is 0. The number of benzene rings is 1. The van der Waals surface area contributed by atoms with Crippen LogP contribution in [0.3, 0.4) is 0 Å². The molecular formula is C15H22ClNO3. The second-order valence-corrected chi connectivity index (χ2v) is 5.87. The van der Waals surface area contributed by atoms with Crippen molar-refractivity contribution >= 4 is 17.6 Å². The Morgan fingerprint density at radius 1 is 1.45 bits per heavy atom. The molecule has 0 fully saturated rings. The molecule has 0 aliphatic carbocycles. The van der Waals surface area contributed by atoms with Gasteiger partial charge in [-0.1, -0.05) is 31.5 Å². The summed E-state index contributed by atoms with van der Waals surface area (Å²) in [6.07, 6.45) is 0.104. The van der Waals surface area contributed by atoms with Crippen molar-refractivity contribution in [3.8, 4) is 0 Å². The van der Waals surface area contributed by atoms with Crippen molar-refractivity contribution in [2.45, 2.75) is 38.6 Å². The lowest BCUT2D eigenvalue weighted by atomic mass is 9.84. The number of halogens is 1. The van der Waals surface area contributed by atoms with Crippen molar-refractivity contribution in [2.24, 2.45) is 5.73 Å². The number of hydrogen-bond donors (Lipinski definition) is 2. The summed E-state index contributed by atoms with van der Waals surface area (Å²) in [5, 5.41) is 9.97. The third kappa shape index (κ3) is 4.47. The molecule has 0 saturated carbocycles. The van der Waals surface area contributed by atoms with Crippen LogP contribution < -0.4 is 5.73 Å². The van der Waals surface area contributed by atoms with Crippen LogP contribution in [-0.4, -0.2) is 24.3 Å². The van der Waals surface area contributed by atoms with E-state index in [0.717, 1.165) is 11.1 Å². The summed E-state index contributed by atoms with van der Waals surface area (Å²) in [5.74, 6) is -0.331. The fourth-order valence-corrected chi connectivity index (χ4v) is 2.07. The zero-order valence-electron chi connectivity index (χ0n) is 12.1. The second kappa shape index (κ2) is 7.07. The zero-order valence-corrected chi connectivity index (χ0v) is 12.9. The summed E-state index contributed by atoms with van der Waals surface area (Å²) >= 11 is 6.10. The number of ether oxygens (including phenoxy) is 1. The first kappa shape index (κ1) is 17.0. The van der Waals surface area contributed by atoms with Gasteiger partial charge in [0.05, 0.1) is 19.6 Å². The third-order valence-electron chi connectivity index (χ3n) is 3.22. The van der Waals surface area contributed by atoms with E-state index in [1.54, 1.807) is 19.1 Å². The first-order chi connectivity index (χ1) is 9.30. The van der Waals surface area contributed by atoms with Crippen LogP contribution in [0.15, 0.2) is 18.2 Å². The van der Waals surface area contributed by atoms with E-state index in [0.29, 0.717) is 11.6 Å². The Kier molecular flexibility index (Phi) is 5.99. The molecule has 0 aromatic heterocycles.